The van der Waals surface area contributed by atoms with Crippen molar-refractivity contribution in [3.63, 3.8) is 0 Å². The van der Waals surface area contributed by atoms with Crippen LogP contribution in [0.15, 0.2) is 24.3 Å². The van der Waals surface area contributed by atoms with Crippen LogP contribution >= 0.6 is 0 Å². The fourth-order valence-corrected chi connectivity index (χ4v) is 1.71. The summed E-state index contributed by atoms with van der Waals surface area (Å²) in [5, 5.41) is 2.73. The van der Waals surface area contributed by atoms with Crippen LogP contribution in [-0.2, 0) is 5.92 Å². The third kappa shape index (κ3) is 1.69. The minimum absolute atomic E-state index is 0.0373. The SMILES string of the molecule is COc1ccccc1C(F)(F)C1CCN1. The molecule has 1 heterocycles. The Morgan fingerprint density at radius 1 is 1.40 bits per heavy atom. The van der Waals surface area contributed by atoms with Crippen LogP contribution in [-0.4, -0.2) is 19.7 Å². The Bertz CT molecular complexity index is 350. The first-order valence-corrected chi connectivity index (χ1v) is 4.91. The summed E-state index contributed by atoms with van der Waals surface area (Å²) in [6.07, 6.45) is 0.505. The summed E-state index contributed by atoms with van der Waals surface area (Å²) in [6.45, 7) is 0.662. The molecule has 1 saturated heterocycles. The number of nitrogens with one attached hydrogen (secondary N) is 1. The van der Waals surface area contributed by atoms with Crippen molar-refractivity contribution in [2.45, 2.75) is 18.4 Å². The molecule has 2 rings (SSSR count). The van der Waals surface area contributed by atoms with E-state index in [9.17, 15) is 8.78 Å². The number of rotatable bonds is 3. The van der Waals surface area contributed by atoms with E-state index < -0.39 is 12.0 Å². The van der Waals surface area contributed by atoms with Gasteiger partial charge in [-0.05, 0) is 25.1 Å². The maximum absolute atomic E-state index is 13.9. The Balaban J connectivity index is 2.34. The average Bonchev–Trinajstić information content (AvgIpc) is 2.14. The molecule has 0 aliphatic carbocycles. The van der Waals surface area contributed by atoms with Gasteiger partial charge in [-0.25, -0.2) is 0 Å². The highest BCUT2D eigenvalue weighted by Gasteiger charge is 2.46. The molecule has 2 nitrogen and oxygen atoms in total. The average molecular weight is 213 g/mol. The van der Waals surface area contributed by atoms with E-state index in [4.69, 9.17) is 4.74 Å². The molecule has 1 aromatic carbocycles. The summed E-state index contributed by atoms with van der Waals surface area (Å²) in [5.41, 5.74) is -0.0373. The van der Waals surface area contributed by atoms with Crippen molar-refractivity contribution < 1.29 is 13.5 Å². The minimum atomic E-state index is -2.86. The molecule has 0 aromatic heterocycles. The number of para-hydroxylation sites is 1. The van der Waals surface area contributed by atoms with E-state index in [-0.39, 0.29) is 11.3 Å². The van der Waals surface area contributed by atoms with Crippen LogP contribution in [0.1, 0.15) is 12.0 Å². The lowest BCUT2D eigenvalue weighted by atomic mass is 9.93. The molecular weight excluding hydrogens is 200 g/mol. The molecular formula is C11H13F2NO. The van der Waals surface area contributed by atoms with Crippen LogP contribution in [0.2, 0.25) is 0 Å². The van der Waals surface area contributed by atoms with Crippen molar-refractivity contribution in [1.82, 2.24) is 5.32 Å². The largest absolute Gasteiger partial charge is 0.496 e. The molecule has 0 amide bonds. The molecule has 1 N–H and O–H groups in total. The summed E-state index contributed by atoms with van der Waals surface area (Å²) in [4.78, 5) is 0. The topological polar surface area (TPSA) is 21.3 Å². The summed E-state index contributed by atoms with van der Waals surface area (Å²) in [5.74, 6) is -2.61. The highest BCUT2D eigenvalue weighted by atomic mass is 19.3. The Labute approximate surface area is 87.2 Å². The van der Waals surface area contributed by atoms with Gasteiger partial charge in [-0.15, -0.1) is 0 Å². The Morgan fingerprint density at radius 2 is 2.07 bits per heavy atom. The monoisotopic (exact) mass is 213 g/mol. The summed E-state index contributed by atoms with van der Waals surface area (Å²) in [6, 6.07) is 5.51. The van der Waals surface area contributed by atoms with Crippen molar-refractivity contribution in [3.05, 3.63) is 29.8 Å². The quantitative estimate of drug-likeness (QED) is 0.830. The molecule has 1 fully saturated rings. The van der Waals surface area contributed by atoms with Crippen LogP contribution in [0.3, 0.4) is 0 Å². The first-order valence-electron chi connectivity index (χ1n) is 4.91. The zero-order valence-electron chi connectivity index (χ0n) is 8.47. The van der Waals surface area contributed by atoms with E-state index in [2.05, 4.69) is 5.32 Å². The summed E-state index contributed by atoms with van der Waals surface area (Å²) >= 11 is 0. The first-order chi connectivity index (χ1) is 7.16. The van der Waals surface area contributed by atoms with E-state index in [0.29, 0.717) is 13.0 Å². The smallest absolute Gasteiger partial charge is 0.291 e. The molecule has 1 atom stereocenters. The zero-order chi connectivity index (χ0) is 10.9. The van der Waals surface area contributed by atoms with Crippen molar-refractivity contribution in [2.75, 3.05) is 13.7 Å². The molecule has 0 radical (unpaired) electrons. The first kappa shape index (κ1) is 10.4. The zero-order valence-corrected chi connectivity index (χ0v) is 8.47. The van der Waals surface area contributed by atoms with Crippen molar-refractivity contribution >= 4 is 0 Å². The minimum Gasteiger partial charge on any atom is -0.496 e. The normalized spacial score (nSPS) is 20.9. The van der Waals surface area contributed by atoms with Gasteiger partial charge in [0.05, 0.1) is 18.7 Å². The third-order valence-electron chi connectivity index (χ3n) is 2.73. The molecule has 15 heavy (non-hydrogen) atoms. The Hall–Kier alpha value is -1.16. The second-order valence-electron chi connectivity index (χ2n) is 3.62. The van der Waals surface area contributed by atoms with Gasteiger partial charge in [-0.1, -0.05) is 12.1 Å². The lowest BCUT2D eigenvalue weighted by molar-refractivity contribution is -0.0661. The predicted molar refractivity (Wildman–Crippen MR) is 53.3 cm³/mol. The second-order valence-corrected chi connectivity index (χ2v) is 3.62. The fourth-order valence-electron chi connectivity index (χ4n) is 1.71. The van der Waals surface area contributed by atoms with E-state index in [1.807, 2.05) is 0 Å². The van der Waals surface area contributed by atoms with Gasteiger partial charge in [-0.3, -0.25) is 0 Å². The van der Waals surface area contributed by atoms with Gasteiger partial charge >= 0.3 is 0 Å². The number of hydrogen-bond acceptors (Lipinski definition) is 2. The Morgan fingerprint density at radius 3 is 2.60 bits per heavy atom. The van der Waals surface area contributed by atoms with Crippen LogP contribution in [0.5, 0.6) is 5.75 Å². The Kier molecular flexibility index (Phi) is 2.61. The number of alkyl halides is 2. The van der Waals surface area contributed by atoms with Gasteiger partial charge in [0.15, 0.2) is 0 Å². The lowest BCUT2D eigenvalue weighted by Gasteiger charge is -2.35. The molecule has 4 heteroatoms. The number of halogens is 2. The summed E-state index contributed by atoms with van der Waals surface area (Å²) < 4.78 is 32.8. The lowest BCUT2D eigenvalue weighted by Crippen LogP contribution is -2.53. The van der Waals surface area contributed by atoms with E-state index in [0.717, 1.165) is 0 Å². The van der Waals surface area contributed by atoms with E-state index in [1.165, 1.54) is 13.2 Å². The maximum Gasteiger partial charge on any atom is 0.291 e. The molecule has 0 saturated carbocycles. The van der Waals surface area contributed by atoms with Gasteiger partial charge in [0, 0.05) is 0 Å². The third-order valence-corrected chi connectivity index (χ3v) is 2.73. The maximum atomic E-state index is 13.9. The number of benzene rings is 1. The number of methoxy groups -OCH3 is 1. The van der Waals surface area contributed by atoms with Gasteiger partial charge in [0.2, 0.25) is 0 Å². The van der Waals surface area contributed by atoms with Gasteiger partial charge in [0.25, 0.3) is 5.92 Å². The molecule has 1 unspecified atom stereocenters. The van der Waals surface area contributed by atoms with E-state index in [1.54, 1.807) is 18.2 Å². The van der Waals surface area contributed by atoms with Crippen LogP contribution in [0.4, 0.5) is 8.78 Å². The van der Waals surface area contributed by atoms with Gasteiger partial charge < -0.3 is 10.1 Å². The van der Waals surface area contributed by atoms with Crippen molar-refractivity contribution in [2.24, 2.45) is 0 Å². The molecule has 1 aliphatic rings. The molecule has 0 bridgehead atoms. The van der Waals surface area contributed by atoms with Crippen molar-refractivity contribution in [1.29, 1.82) is 0 Å². The molecule has 0 spiro atoms. The van der Waals surface area contributed by atoms with Gasteiger partial charge in [0.1, 0.15) is 5.75 Å². The standard InChI is InChI=1S/C11H13F2NO/c1-15-9-5-3-2-4-8(9)11(12,13)10-6-7-14-10/h2-5,10,14H,6-7H2,1H3. The summed E-state index contributed by atoms with van der Waals surface area (Å²) in [7, 11) is 1.41. The van der Waals surface area contributed by atoms with Crippen LogP contribution in [0, 0.1) is 0 Å². The van der Waals surface area contributed by atoms with Gasteiger partial charge in [-0.2, -0.15) is 8.78 Å². The van der Waals surface area contributed by atoms with Crippen LogP contribution in [0.25, 0.3) is 0 Å². The van der Waals surface area contributed by atoms with Crippen LogP contribution < -0.4 is 10.1 Å². The second kappa shape index (κ2) is 3.77. The highest BCUT2D eigenvalue weighted by Crippen LogP contribution is 2.40. The predicted octanol–water partition coefficient (Wildman–Crippen LogP) is 2.15. The molecule has 1 aromatic rings. The highest BCUT2D eigenvalue weighted by molar-refractivity contribution is 5.38. The number of hydrogen-bond donors (Lipinski definition) is 1. The molecule has 82 valence electrons. The van der Waals surface area contributed by atoms with Crippen molar-refractivity contribution in [3.8, 4) is 5.75 Å². The fraction of sp³-hybridized carbons (Fsp3) is 0.455. The van der Waals surface area contributed by atoms with E-state index >= 15 is 0 Å². The number of ether oxygens (including phenoxy) is 1. The molecule has 1 aliphatic heterocycles.